The van der Waals surface area contributed by atoms with Crippen LogP contribution in [0.1, 0.15) is 36.5 Å². The summed E-state index contributed by atoms with van der Waals surface area (Å²) >= 11 is 5.91. The van der Waals surface area contributed by atoms with Crippen LogP contribution < -0.4 is 10.5 Å². The topological polar surface area (TPSA) is 51.4 Å². The molecule has 0 radical (unpaired) electrons. The minimum atomic E-state index is -0.00164. The van der Waals surface area contributed by atoms with E-state index >= 15 is 0 Å². The van der Waals surface area contributed by atoms with Crippen molar-refractivity contribution in [3.63, 3.8) is 0 Å². The molecule has 2 heterocycles. The maximum absolute atomic E-state index is 6.43. The maximum atomic E-state index is 6.43. The van der Waals surface area contributed by atoms with E-state index < -0.39 is 0 Å². The monoisotopic (exact) mass is 357 g/mol. The van der Waals surface area contributed by atoms with E-state index in [1.807, 2.05) is 6.07 Å². The van der Waals surface area contributed by atoms with E-state index in [1.165, 1.54) is 11.1 Å². The SMILES string of the molecule is N[C@@H]1CCCN([C@H]2CCc3ccccc3[C@@H]2Oc2ccc(Cl)nc2)C1. The molecule has 4 nitrogen and oxygen atoms in total. The van der Waals surface area contributed by atoms with E-state index in [9.17, 15) is 0 Å². The van der Waals surface area contributed by atoms with Gasteiger partial charge in [0.25, 0.3) is 0 Å². The molecule has 1 aliphatic carbocycles. The Balaban J connectivity index is 1.64. The molecule has 132 valence electrons. The molecular formula is C20H24ClN3O. The molecule has 2 aromatic rings. The zero-order valence-corrected chi connectivity index (χ0v) is 15.0. The summed E-state index contributed by atoms with van der Waals surface area (Å²) in [7, 11) is 0. The van der Waals surface area contributed by atoms with Crippen molar-refractivity contribution in [1.82, 2.24) is 9.88 Å². The van der Waals surface area contributed by atoms with Crippen LogP contribution in [0.25, 0.3) is 0 Å². The Labute approximate surface area is 153 Å². The third-order valence-corrected chi connectivity index (χ3v) is 5.57. The van der Waals surface area contributed by atoms with E-state index in [2.05, 4.69) is 34.1 Å². The van der Waals surface area contributed by atoms with Crippen LogP contribution in [0.3, 0.4) is 0 Å². The van der Waals surface area contributed by atoms with Crippen LogP contribution in [0, 0.1) is 0 Å². The minimum Gasteiger partial charge on any atom is -0.482 e. The Morgan fingerprint density at radius 1 is 1.16 bits per heavy atom. The number of ether oxygens (including phenoxy) is 1. The van der Waals surface area contributed by atoms with Crippen molar-refractivity contribution in [3.8, 4) is 5.75 Å². The molecule has 5 heteroatoms. The predicted molar refractivity (Wildman–Crippen MR) is 99.9 cm³/mol. The van der Waals surface area contributed by atoms with E-state index in [1.54, 1.807) is 12.3 Å². The lowest BCUT2D eigenvalue weighted by Crippen LogP contribution is -2.51. The number of rotatable bonds is 3. The average molecular weight is 358 g/mol. The molecule has 3 atom stereocenters. The molecule has 1 aromatic heterocycles. The van der Waals surface area contributed by atoms with Crippen LogP contribution in [0.4, 0.5) is 0 Å². The Hall–Kier alpha value is -1.62. The summed E-state index contributed by atoms with van der Waals surface area (Å²) in [6.07, 6.45) is 6.17. The van der Waals surface area contributed by atoms with Crippen molar-refractivity contribution in [2.75, 3.05) is 13.1 Å². The number of fused-ring (bicyclic) bond motifs is 1. The summed E-state index contributed by atoms with van der Waals surface area (Å²) in [5, 5.41) is 0.481. The zero-order valence-electron chi connectivity index (χ0n) is 14.3. The van der Waals surface area contributed by atoms with Gasteiger partial charge in [0.05, 0.1) is 12.2 Å². The quantitative estimate of drug-likeness (QED) is 0.853. The highest BCUT2D eigenvalue weighted by Crippen LogP contribution is 2.37. The number of hydrogen-bond acceptors (Lipinski definition) is 4. The van der Waals surface area contributed by atoms with E-state index in [4.69, 9.17) is 22.1 Å². The third-order valence-electron chi connectivity index (χ3n) is 5.34. The lowest BCUT2D eigenvalue weighted by Gasteiger charge is -2.43. The predicted octanol–water partition coefficient (Wildman–Crippen LogP) is 3.59. The minimum absolute atomic E-state index is 0.00164. The summed E-state index contributed by atoms with van der Waals surface area (Å²) in [5.74, 6) is 0.761. The van der Waals surface area contributed by atoms with Crippen LogP contribution in [0.15, 0.2) is 42.6 Å². The summed E-state index contributed by atoms with van der Waals surface area (Å²) in [4.78, 5) is 6.68. The van der Waals surface area contributed by atoms with Gasteiger partial charge in [0, 0.05) is 12.6 Å². The van der Waals surface area contributed by atoms with Crippen LogP contribution >= 0.6 is 11.6 Å². The third kappa shape index (κ3) is 3.66. The van der Waals surface area contributed by atoms with Gasteiger partial charge in [0.2, 0.25) is 0 Å². The van der Waals surface area contributed by atoms with Gasteiger partial charge in [-0.1, -0.05) is 35.9 Å². The van der Waals surface area contributed by atoms with Crippen molar-refractivity contribution in [2.24, 2.45) is 5.73 Å². The lowest BCUT2D eigenvalue weighted by atomic mass is 9.84. The van der Waals surface area contributed by atoms with Crippen molar-refractivity contribution in [3.05, 3.63) is 58.9 Å². The molecule has 0 spiro atoms. The highest BCUT2D eigenvalue weighted by atomic mass is 35.5. The first-order valence-corrected chi connectivity index (χ1v) is 9.44. The van der Waals surface area contributed by atoms with E-state index in [0.717, 1.165) is 44.5 Å². The number of aryl methyl sites for hydroxylation is 1. The number of nitrogens with zero attached hydrogens (tertiary/aromatic N) is 2. The molecule has 0 bridgehead atoms. The van der Waals surface area contributed by atoms with Gasteiger partial charge in [-0.25, -0.2) is 4.98 Å². The molecule has 4 rings (SSSR count). The van der Waals surface area contributed by atoms with Crippen LogP contribution in [-0.2, 0) is 6.42 Å². The summed E-state index contributed by atoms with van der Waals surface area (Å²) in [6.45, 7) is 2.05. The molecule has 2 N–H and O–H groups in total. The summed E-state index contributed by atoms with van der Waals surface area (Å²) < 4.78 is 6.43. The van der Waals surface area contributed by atoms with Crippen LogP contribution in [0.5, 0.6) is 5.75 Å². The molecular weight excluding hydrogens is 334 g/mol. The Morgan fingerprint density at radius 2 is 2.04 bits per heavy atom. The second-order valence-corrected chi connectivity index (χ2v) is 7.44. The first-order chi connectivity index (χ1) is 12.2. The standard InChI is InChI=1S/C20H24ClN3O/c21-19-10-8-16(12-23-19)25-20-17-6-2-1-4-14(17)7-9-18(20)24-11-3-5-15(22)13-24/h1-2,4,6,8,10,12,15,18,20H,3,5,7,9,11,13,22H2/t15-,18+,20+/m1/s1. The van der Waals surface area contributed by atoms with Gasteiger partial charge in [0.1, 0.15) is 17.0 Å². The second kappa shape index (κ2) is 7.32. The molecule has 1 saturated heterocycles. The molecule has 1 aromatic carbocycles. The molecule has 2 aliphatic rings. The fourth-order valence-corrected chi connectivity index (χ4v) is 4.25. The maximum Gasteiger partial charge on any atom is 0.140 e. The van der Waals surface area contributed by atoms with Gasteiger partial charge in [-0.3, -0.25) is 4.90 Å². The van der Waals surface area contributed by atoms with Gasteiger partial charge >= 0.3 is 0 Å². The highest BCUT2D eigenvalue weighted by molar-refractivity contribution is 6.29. The largest absolute Gasteiger partial charge is 0.482 e. The fraction of sp³-hybridized carbons (Fsp3) is 0.450. The van der Waals surface area contributed by atoms with Crippen molar-refractivity contribution in [2.45, 2.75) is 43.9 Å². The molecule has 1 aliphatic heterocycles. The number of halogens is 1. The summed E-state index contributed by atoms with van der Waals surface area (Å²) in [5.41, 5.74) is 8.90. The second-order valence-electron chi connectivity index (χ2n) is 7.06. The van der Waals surface area contributed by atoms with Crippen molar-refractivity contribution >= 4 is 11.6 Å². The number of aromatic nitrogens is 1. The molecule has 25 heavy (non-hydrogen) atoms. The first-order valence-electron chi connectivity index (χ1n) is 9.06. The van der Waals surface area contributed by atoms with Gasteiger partial charge in [-0.2, -0.15) is 0 Å². The lowest BCUT2D eigenvalue weighted by molar-refractivity contribution is 0.0365. The zero-order chi connectivity index (χ0) is 17.2. The number of pyridine rings is 1. The van der Waals surface area contributed by atoms with Gasteiger partial charge in [-0.05, 0) is 55.5 Å². The smallest absolute Gasteiger partial charge is 0.140 e. The van der Waals surface area contributed by atoms with Crippen LogP contribution in [0.2, 0.25) is 5.15 Å². The van der Waals surface area contributed by atoms with Gasteiger partial charge < -0.3 is 10.5 Å². The summed E-state index contributed by atoms with van der Waals surface area (Å²) in [6, 6.07) is 12.9. The van der Waals surface area contributed by atoms with E-state index in [0.29, 0.717) is 11.2 Å². The molecule has 0 unspecified atom stereocenters. The van der Waals surface area contributed by atoms with Crippen molar-refractivity contribution < 1.29 is 4.74 Å². The Morgan fingerprint density at radius 3 is 2.84 bits per heavy atom. The van der Waals surface area contributed by atoms with Gasteiger partial charge in [0.15, 0.2) is 0 Å². The normalized spacial score (nSPS) is 26.9. The van der Waals surface area contributed by atoms with Crippen LogP contribution in [-0.4, -0.2) is 35.1 Å². The number of hydrogen-bond donors (Lipinski definition) is 1. The molecule has 1 fully saturated rings. The number of piperidine rings is 1. The fourth-order valence-electron chi connectivity index (χ4n) is 4.14. The first kappa shape index (κ1) is 16.8. The van der Waals surface area contributed by atoms with E-state index in [-0.39, 0.29) is 12.1 Å². The molecule has 0 saturated carbocycles. The Bertz CT molecular complexity index is 721. The molecule has 0 amide bonds. The highest BCUT2D eigenvalue weighted by Gasteiger charge is 2.36. The number of likely N-dealkylation sites (tertiary alicyclic amines) is 1. The average Bonchev–Trinajstić information content (AvgIpc) is 2.64. The van der Waals surface area contributed by atoms with Gasteiger partial charge in [-0.15, -0.1) is 0 Å². The number of benzene rings is 1. The Kier molecular flexibility index (Phi) is 4.93. The van der Waals surface area contributed by atoms with Crippen molar-refractivity contribution in [1.29, 1.82) is 0 Å². The number of nitrogens with two attached hydrogens (primary N) is 1.